The van der Waals surface area contributed by atoms with E-state index >= 15 is 0 Å². The van der Waals surface area contributed by atoms with Gasteiger partial charge < -0.3 is 15.4 Å². The molecule has 69 valence electrons. The fraction of sp³-hybridized carbons (Fsp3) is 0.400. The molecule has 1 saturated heterocycles. The first-order valence-electron chi connectivity index (χ1n) is 4.45. The topological polar surface area (TPSA) is 38.5 Å². The molecule has 0 amide bonds. The second-order valence-corrected chi connectivity index (χ2v) is 3.12. The van der Waals surface area contributed by atoms with Crippen molar-refractivity contribution in [1.82, 2.24) is 0 Å². The van der Waals surface area contributed by atoms with E-state index in [0.717, 1.165) is 37.7 Å². The predicted molar refractivity (Wildman–Crippen MR) is 52.7 cm³/mol. The number of hydrogen-bond donors (Lipinski definition) is 1. The first-order chi connectivity index (χ1) is 6.36. The minimum absolute atomic E-state index is 0.768. The number of nitrogen functional groups attached to an aromatic ring is 1. The molecule has 1 aromatic carbocycles. The summed E-state index contributed by atoms with van der Waals surface area (Å²) in [4.78, 5) is 2.26. The fourth-order valence-corrected chi connectivity index (χ4v) is 1.48. The SMILES string of the molecule is Nc1c[c]cc(N2CCOCC2)c1. The van der Waals surface area contributed by atoms with Gasteiger partial charge in [0.2, 0.25) is 0 Å². The second-order valence-electron chi connectivity index (χ2n) is 3.12. The number of rotatable bonds is 1. The quantitative estimate of drug-likeness (QED) is 0.648. The Morgan fingerprint density at radius 2 is 2.08 bits per heavy atom. The van der Waals surface area contributed by atoms with Crippen LogP contribution in [0.3, 0.4) is 0 Å². The highest BCUT2D eigenvalue weighted by Crippen LogP contribution is 2.17. The van der Waals surface area contributed by atoms with Gasteiger partial charge in [0.25, 0.3) is 0 Å². The van der Waals surface area contributed by atoms with Gasteiger partial charge in [-0.3, -0.25) is 0 Å². The molecule has 3 heteroatoms. The van der Waals surface area contributed by atoms with Gasteiger partial charge in [-0.1, -0.05) is 0 Å². The van der Waals surface area contributed by atoms with Gasteiger partial charge in [-0.15, -0.1) is 0 Å². The van der Waals surface area contributed by atoms with Crippen LogP contribution in [0.15, 0.2) is 18.2 Å². The second kappa shape index (κ2) is 3.66. The molecule has 0 spiro atoms. The van der Waals surface area contributed by atoms with Crippen LogP contribution in [0.1, 0.15) is 0 Å². The number of benzene rings is 1. The predicted octanol–water partition coefficient (Wildman–Crippen LogP) is 0.906. The highest BCUT2D eigenvalue weighted by molar-refractivity contribution is 5.55. The first kappa shape index (κ1) is 8.38. The molecule has 0 atom stereocenters. The van der Waals surface area contributed by atoms with E-state index in [1.54, 1.807) is 6.07 Å². The third kappa shape index (κ3) is 1.92. The van der Waals surface area contributed by atoms with Crippen molar-refractivity contribution >= 4 is 11.4 Å². The molecular weight excluding hydrogens is 164 g/mol. The lowest BCUT2D eigenvalue weighted by molar-refractivity contribution is 0.122. The third-order valence-electron chi connectivity index (χ3n) is 2.17. The van der Waals surface area contributed by atoms with Gasteiger partial charge in [0, 0.05) is 24.5 Å². The van der Waals surface area contributed by atoms with Gasteiger partial charge >= 0.3 is 0 Å². The molecule has 1 aromatic rings. The Labute approximate surface area is 78.1 Å². The Morgan fingerprint density at radius 1 is 1.31 bits per heavy atom. The van der Waals surface area contributed by atoms with Crippen LogP contribution in [0.5, 0.6) is 0 Å². The third-order valence-corrected chi connectivity index (χ3v) is 2.17. The summed E-state index contributed by atoms with van der Waals surface area (Å²) in [6, 6.07) is 8.73. The minimum atomic E-state index is 0.768. The molecule has 0 aliphatic carbocycles. The summed E-state index contributed by atoms with van der Waals surface area (Å²) >= 11 is 0. The summed E-state index contributed by atoms with van der Waals surface area (Å²) in [7, 11) is 0. The summed E-state index contributed by atoms with van der Waals surface area (Å²) < 4.78 is 5.27. The first-order valence-corrected chi connectivity index (χ1v) is 4.45. The van der Waals surface area contributed by atoms with Gasteiger partial charge in [-0.25, -0.2) is 0 Å². The zero-order chi connectivity index (χ0) is 9.10. The molecule has 1 radical (unpaired) electrons. The minimum Gasteiger partial charge on any atom is -0.399 e. The van der Waals surface area contributed by atoms with E-state index < -0.39 is 0 Å². The molecule has 0 aromatic heterocycles. The molecule has 1 fully saturated rings. The Morgan fingerprint density at radius 3 is 2.77 bits per heavy atom. The molecule has 2 N–H and O–H groups in total. The van der Waals surface area contributed by atoms with Crippen molar-refractivity contribution in [3.63, 3.8) is 0 Å². The molecule has 0 unspecified atom stereocenters. The van der Waals surface area contributed by atoms with E-state index in [1.807, 2.05) is 12.1 Å². The van der Waals surface area contributed by atoms with Crippen molar-refractivity contribution in [2.24, 2.45) is 0 Å². The van der Waals surface area contributed by atoms with Gasteiger partial charge in [0.1, 0.15) is 0 Å². The van der Waals surface area contributed by atoms with Crippen LogP contribution < -0.4 is 10.6 Å². The van der Waals surface area contributed by atoms with E-state index in [1.165, 1.54) is 0 Å². The number of anilines is 2. The molecule has 0 bridgehead atoms. The van der Waals surface area contributed by atoms with Crippen LogP contribution in [-0.4, -0.2) is 26.3 Å². The molecule has 3 nitrogen and oxygen atoms in total. The number of hydrogen-bond acceptors (Lipinski definition) is 3. The average Bonchev–Trinajstić information content (AvgIpc) is 2.19. The van der Waals surface area contributed by atoms with Crippen molar-refractivity contribution in [3.8, 4) is 0 Å². The summed E-state index contributed by atoms with van der Waals surface area (Å²) in [6.45, 7) is 3.48. The van der Waals surface area contributed by atoms with E-state index in [4.69, 9.17) is 10.5 Å². The lowest BCUT2D eigenvalue weighted by atomic mass is 10.2. The molecular formula is C10H13N2O. The van der Waals surface area contributed by atoms with Crippen LogP contribution in [0, 0.1) is 6.07 Å². The zero-order valence-electron chi connectivity index (χ0n) is 7.49. The van der Waals surface area contributed by atoms with Crippen molar-refractivity contribution in [2.75, 3.05) is 36.9 Å². The maximum absolute atomic E-state index is 5.68. The Balaban J connectivity index is 2.14. The summed E-state index contributed by atoms with van der Waals surface area (Å²) in [6.07, 6.45) is 0. The molecule has 13 heavy (non-hydrogen) atoms. The highest BCUT2D eigenvalue weighted by Gasteiger charge is 2.10. The maximum Gasteiger partial charge on any atom is 0.0642 e. The number of morpholine rings is 1. The molecule has 1 heterocycles. The van der Waals surface area contributed by atoms with Crippen LogP contribution in [0.4, 0.5) is 11.4 Å². The van der Waals surface area contributed by atoms with Crippen LogP contribution in [0.25, 0.3) is 0 Å². The molecule has 2 rings (SSSR count). The van der Waals surface area contributed by atoms with Crippen molar-refractivity contribution < 1.29 is 4.74 Å². The van der Waals surface area contributed by atoms with Crippen LogP contribution >= 0.6 is 0 Å². The van der Waals surface area contributed by atoms with Gasteiger partial charge in [-0.05, 0) is 24.3 Å². The molecule has 1 aliphatic rings. The fourth-order valence-electron chi connectivity index (χ4n) is 1.48. The smallest absolute Gasteiger partial charge is 0.0642 e. The average molecular weight is 177 g/mol. The molecule has 1 aliphatic heterocycles. The van der Waals surface area contributed by atoms with Crippen LogP contribution in [-0.2, 0) is 4.74 Å². The largest absolute Gasteiger partial charge is 0.399 e. The normalized spacial score (nSPS) is 17.4. The lowest BCUT2D eigenvalue weighted by Gasteiger charge is -2.28. The standard InChI is InChI=1S/C10H13N2O/c11-9-2-1-3-10(8-9)12-4-6-13-7-5-12/h2-3,8H,4-7,11H2. The van der Waals surface area contributed by atoms with Crippen molar-refractivity contribution in [3.05, 3.63) is 24.3 Å². The monoisotopic (exact) mass is 177 g/mol. The summed E-state index contributed by atoms with van der Waals surface area (Å²) in [5.74, 6) is 0. The molecule has 0 saturated carbocycles. The Bertz CT molecular complexity index is 282. The van der Waals surface area contributed by atoms with Crippen molar-refractivity contribution in [1.29, 1.82) is 0 Å². The Hall–Kier alpha value is -1.22. The van der Waals surface area contributed by atoms with Crippen LogP contribution in [0.2, 0.25) is 0 Å². The van der Waals surface area contributed by atoms with Crippen molar-refractivity contribution in [2.45, 2.75) is 0 Å². The Kier molecular flexibility index (Phi) is 2.36. The van der Waals surface area contributed by atoms with Gasteiger partial charge in [-0.2, -0.15) is 0 Å². The van der Waals surface area contributed by atoms with E-state index in [9.17, 15) is 0 Å². The summed E-state index contributed by atoms with van der Waals surface area (Å²) in [5, 5.41) is 0. The van der Waals surface area contributed by atoms with Gasteiger partial charge in [0.05, 0.1) is 13.2 Å². The van der Waals surface area contributed by atoms with Gasteiger partial charge in [0.15, 0.2) is 0 Å². The summed E-state index contributed by atoms with van der Waals surface area (Å²) in [5.41, 5.74) is 7.59. The van der Waals surface area contributed by atoms with E-state index in [2.05, 4.69) is 11.0 Å². The number of nitrogens with two attached hydrogens (primary N) is 1. The maximum atomic E-state index is 5.68. The number of ether oxygens (including phenoxy) is 1. The lowest BCUT2D eigenvalue weighted by Crippen LogP contribution is -2.36. The highest BCUT2D eigenvalue weighted by atomic mass is 16.5. The van der Waals surface area contributed by atoms with E-state index in [0.29, 0.717) is 0 Å². The zero-order valence-corrected chi connectivity index (χ0v) is 7.49. The van der Waals surface area contributed by atoms with E-state index in [-0.39, 0.29) is 0 Å². The number of nitrogens with zero attached hydrogens (tertiary/aromatic N) is 1.